The van der Waals surface area contributed by atoms with Crippen molar-refractivity contribution >= 4 is 39.3 Å². The SMILES string of the molecule is COc1ccc(Sc2nc(Cl)ncc2Br)cc1. The number of ether oxygens (including phenoxy) is 1. The Balaban J connectivity index is 2.22. The Morgan fingerprint density at radius 1 is 1.29 bits per heavy atom. The second-order valence-electron chi connectivity index (χ2n) is 3.07. The molecule has 2 rings (SSSR count). The first kappa shape index (κ1) is 12.7. The van der Waals surface area contributed by atoms with Gasteiger partial charge in [0, 0.05) is 11.1 Å². The minimum atomic E-state index is 0.240. The highest BCUT2D eigenvalue weighted by Crippen LogP contribution is 2.32. The number of nitrogens with zero attached hydrogens (tertiary/aromatic N) is 2. The van der Waals surface area contributed by atoms with E-state index in [0.29, 0.717) is 0 Å². The van der Waals surface area contributed by atoms with Crippen molar-refractivity contribution in [1.82, 2.24) is 9.97 Å². The minimum Gasteiger partial charge on any atom is -0.497 e. The summed E-state index contributed by atoms with van der Waals surface area (Å²) in [6, 6.07) is 7.73. The molecule has 17 heavy (non-hydrogen) atoms. The van der Waals surface area contributed by atoms with Crippen LogP contribution in [-0.4, -0.2) is 17.1 Å². The van der Waals surface area contributed by atoms with Crippen molar-refractivity contribution in [3.63, 3.8) is 0 Å². The fraction of sp³-hybridized carbons (Fsp3) is 0.0909. The van der Waals surface area contributed by atoms with Crippen molar-refractivity contribution in [2.45, 2.75) is 9.92 Å². The van der Waals surface area contributed by atoms with E-state index >= 15 is 0 Å². The van der Waals surface area contributed by atoms with Crippen LogP contribution >= 0.6 is 39.3 Å². The molecule has 0 aliphatic rings. The fourth-order valence-corrected chi connectivity index (χ4v) is 2.55. The van der Waals surface area contributed by atoms with E-state index < -0.39 is 0 Å². The molecule has 88 valence electrons. The minimum absolute atomic E-state index is 0.240. The van der Waals surface area contributed by atoms with Gasteiger partial charge in [0.1, 0.15) is 10.8 Å². The van der Waals surface area contributed by atoms with Crippen molar-refractivity contribution in [1.29, 1.82) is 0 Å². The number of aromatic nitrogens is 2. The summed E-state index contributed by atoms with van der Waals surface area (Å²) >= 11 is 10.7. The molecule has 0 atom stereocenters. The molecule has 3 nitrogen and oxygen atoms in total. The van der Waals surface area contributed by atoms with Crippen LogP contribution in [0.3, 0.4) is 0 Å². The Hall–Kier alpha value is -0.780. The lowest BCUT2D eigenvalue weighted by Crippen LogP contribution is -1.87. The van der Waals surface area contributed by atoms with Crippen LogP contribution in [0.25, 0.3) is 0 Å². The molecular formula is C11H8BrClN2OS. The predicted molar refractivity (Wildman–Crippen MR) is 71.9 cm³/mol. The van der Waals surface area contributed by atoms with Crippen LogP contribution in [0.1, 0.15) is 0 Å². The molecule has 0 N–H and O–H groups in total. The highest BCUT2D eigenvalue weighted by molar-refractivity contribution is 9.10. The lowest BCUT2D eigenvalue weighted by molar-refractivity contribution is 0.414. The standard InChI is InChI=1S/C11H8BrClN2OS/c1-16-7-2-4-8(5-3-7)17-10-9(12)6-14-11(13)15-10/h2-6H,1H3. The van der Waals surface area contributed by atoms with E-state index in [0.717, 1.165) is 20.1 Å². The molecule has 1 heterocycles. The van der Waals surface area contributed by atoms with Crippen LogP contribution in [0.2, 0.25) is 5.28 Å². The second-order valence-corrected chi connectivity index (χ2v) is 5.32. The second kappa shape index (κ2) is 5.71. The summed E-state index contributed by atoms with van der Waals surface area (Å²) in [5, 5.41) is 1.03. The first-order chi connectivity index (χ1) is 8.19. The van der Waals surface area contributed by atoms with Crippen molar-refractivity contribution in [3.8, 4) is 5.75 Å². The number of hydrogen-bond donors (Lipinski definition) is 0. The van der Waals surface area contributed by atoms with Crippen LogP contribution in [0.4, 0.5) is 0 Å². The maximum atomic E-state index is 5.75. The van der Waals surface area contributed by atoms with Crippen LogP contribution in [-0.2, 0) is 0 Å². The first-order valence-electron chi connectivity index (χ1n) is 4.69. The Bertz CT molecular complexity index is 521. The molecule has 0 saturated heterocycles. The van der Waals surface area contributed by atoms with Crippen LogP contribution in [0, 0.1) is 0 Å². The van der Waals surface area contributed by atoms with Gasteiger partial charge >= 0.3 is 0 Å². The third-order valence-electron chi connectivity index (χ3n) is 1.96. The topological polar surface area (TPSA) is 35.0 Å². The van der Waals surface area contributed by atoms with Gasteiger partial charge in [-0.05, 0) is 51.8 Å². The molecule has 0 amide bonds. The molecule has 0 aliphatic heterocycles. The van der Waals surface area contributed by atoms with E-state index in [9.17, 15) is 0 Å². The van der Waals surface area contributed by atoms with Gasteiger partial charge in [0.2, 0.25) is 5.28 Å². The van der Waals surface area contributed by atoms with E-state index in [1.54, 1.807) is 13.3 Å². The third-order valence-corrected chi connectivity index (χ3v) is 3.99. The van der Waals surface area contributed by atoms with Gasteiger partial charge in [-0.3, -0.25) is 0 Å². The molecule has 2 aromatic rings. The zero-order chi connectivity index (χ0) is 12.3. The van der Waals surface area contributed by atoms with Gasteiger partial charge in [-0.1, -0.05) is 11.8 Å². The summed E-state index contributed by atoms with van der Waals surface area (Å²) in [4.78, 5) is 9.09. The first-order valence-corrected chi connectivity index (χ1v) is 6.68. The third kappa shape index (κ3) is 3.34. The maximum Gasteiger partial charge on any atom is 0.223 e. The molecule has 0 aliphatic carbocycles. The zero-order valence-electron chi connectivity index (χ0n) is 8.85. The van der Waals surface area contributed by atoms with Crippen molar-refractivity contribution in [2.24, 2.45) is 0 Å². The average Bonchev–Trinajstić information content (AvgIpc) is 2.35. The number of methoxy groups -OCH3 is 1. The normalized spacial score (nSPS) is 10.3. The monoisotopic (exact) mass is 330 g/mol. The van der Waals surface area contributed by atoms with Crippen LogP contribution in [0.5, 0.6) is 5.75 Å². The molecule has 6 heteroatoms. The van der Waals surface area contributed by atoms with E-state index in [1.165, 1.54) is 11.8 Å². The van der Waals surface area contributed by atoms with Gasteiger partial charge < -0.3 is 4.74 Å². The highest BCUT2D eigenvalue weighted by Gasteiger charge is 2.06. The van der Waals surface area contributed by atoms with Gasteiger partial charge in [0.15, 0.2) is 0 Å². The van der Waals surface area contributed by atoms with E-state index in [-0.39, 0.29) is 5.28 Å². The summed E-state index contributed by atoms with van der Waals surface area (Å²) in [6.07, 6.45) is 1.64. The van der Waals surface area contributed by atoms with Gasteiger partial charge in [0.25, 0.3) is 0 Å². The molecule has 0 unspecified atom stereocenters. The number of hydrogen-bond acceptors (Lipinski definition) is 4. The summed E-state index contributed by atoms with van der Waals surface area (Å²) < 4.78 is 5.92. The van der Waals surface area contributed by atoms with E-state index in [4.69, 9.17) is 16.3 Å². The number of benzene rings is 1. The molecule has 0 radical (unpaired) electrons. The molecule has 0 bridgehead atoms. The van der Waals surface area contributed by atoms with Gasteiger partial charge in [-0.25, -0.2) is 9.97 Å². The molecular weight excluding hydrogens is 324 g/mol. The van der Waals surface area contributed by atoms with E-state index in [2.05, 4.69) is 25.9 Å². The van der Waals surface area contributed by atoms with Crippen LogP contribution in [0.15, 0.2) is 44.9 Å². The zero-order valence-corrected chi connectivity index (χ0v) is 12.0. The Morgan fingerprint density at radius 2 is 2.00 bits per heavy atom. The molecule has 0 spiro atoms. The van der Waals surface area contributed by atoms with Gasteiger partial charge in [-0.2, -0.15) is 0 Å². The van der Waals surface area contributed by atoms with Crippen molar-refractivity contribution < 1.29 is 4.74 Å². The summed E-state index contributed by atoms with van der Waals surface area (Å²) in [5.41, 5.74) is 0. The van der Waals surface area contributed by atoms with E-state index in [1.807, 2.05) is 24.3 Å². The smallest absolute Gasteiger partial charge is 0.223 e. The highest BCUT2D eigenvalue weighted by atomic mass is 79.9. The quantitative estimate of drug-likeness (QED) is 0.628. The van der Waals surface area contributed by atoms with Gasteiger partial charge in [0.05, 0.1) is 11.6 Å². The predicted octanol–water partition coefficient (Wildman–Crippen LogP) is 4.05. The molecule has 0 fully saturated rings. The number of rotatable bonds is 3. The fourth-order valence-electron chi connectivity index (χ4n) is 1.16. The molecule has 1 aromatic carbocycles. The average molecular weight is 332 g/mol. The van der Waals surface area contributed by atoms with Crippen molar-refractivity contribution in [2.75, 3.05) is 7.11 Å². The van der Waals surface area contributed by atoms with Crippen LogP contribution < -0.4 is 4.74 Å². The lowest BCUT2D eigenvalue weighted by Gasteiger charge is -2.04. The Kier molecular flexibility index (Phi) is 4.25. The van der Waals surface area contributed by atoms with Crippen molar-refractivity contribution in [3.05, 3.63) is 40.2 Å². The van der Waals surface area contributed by atoms with Gasteiger partial charge in [-0.15, -0.1) is 0 Å². The maximum absolute atomic E-state index is 5.75. The lowest BCUT2D eigenvalue weighted by atomic mass is 10.3. The summed E-state index contributed by atoms with van der Waals surface area (Å²) in [5.74, 6) is 0.828. The Morgan fingerprint density at radius 3 is 2.65 bits per heavy atom. The largest absolute Gasteiger partial charge is 0.497 e. The molecule has 1 aromatic heterocycles. The number of halogens is 2. The summed E-state index contributed by atoms with van der Waals surface area (Å²) in [6.45, 7) is 0. The summed E-state index contributed by atoms with van der Waals surface area (Å²) in [7, 11) is 1.64. The molecule has 0 saturated carbocycles. The Labute approximate surface area is 117 Å².